The van der Waals surface area contributed by atoms with E-state index in [1.54, 1.807) is 0 Å². The molecule has 0 saturated heterocycles. The fraction of sp³-hybridized carbons (Fsp3) is 0.735. The Bertz CT molecular complexity index is 1340. The number of nitrogens with one attached hydrogen (secondary N) is 1. The topological polar surface area (TPSA) is 106 Å². The quantitative estimate of drug-likeness (QED) is 0.237. The lowest BCUT2D eigenvalue weighted by atomic mass is 9.34. The van der Waals surface area contributed by atoms with Gasteiger partial charge >= 0.3 is 0 Å². The van der Waals surface area contributed by atoms with Crippen molar-refractivity contribution in [1.29, 1.82) is 10.5 Å². The lowest BCUT2D eigenvalue weighted by Crippen LogP contribution is -2.65. The van der Waals surface area contributed by atoms with E-state index in [9.17, 15) is 14.9 Å². The van der Waals surface area contributed by atoms with Gasteiger partial charge in [-0.05, 0) is 91.4 Å². The third kappa shape index (κ3) is 3.74. The summed E-state index contributed by atoms with van der Waals surface area (Å²) >= 11 is 0. The standard InChI is InChI=1S/C34H46N4O2/c1-21(38-20-36)37-19-34-13-11-29(2,3)17-23(34)27-24(39)15-26-31(6)16-22(18-35)28(40)30(4,5)25(31)9-10-32(26,7)33(27,8)12-14-34/h15-16,23,25,27H,9-14,17,19H2,1-8H3,(H,37,38)/t23-,25-,27-,31-,32+,33+,34+/m0/s1. The zero-order valence-corrected chi connectivity index (χ0v) is 25.7. The fourth-order valence-electron chi connectivity index (χ4n) is 10.5. The summed E-state index contributed by atoms with van der Waals surface area (Å²) in [4.78, 5) is 31.7. The molecule has 0 aromatic heterocycles. The Morgan fingerprint density at radius 2 is 1.70 bits per heavy atom. The number of hydrogen-bond donors (Lipinski definition) is 1. The average Bonchev–Trinajstić information content (AvgIpc) is 2.87. The van der Waals surface area contributed by atoms with Crippen LogP contribution in [0.25, 0.3) is 0 Å². The lowest BCUT2D eigenvalue weighted by Gasteiger charge is -2.69. The highest BCUT2D eigenvalue weighted by Gasteiger charge is 2.69. The Balaban J connectivity index is 1.64. The van der Waals surface area contributed by atoms with Crippen LogP contribution >= 0.6 is 0 Å². The number of amidine groups is 1. The molecule has 6 heteroatoms. The number of ketones is 2. The van der Waals surface area contributed by atoms with E-state index in [1.165, 1.54) is 0 Å². The number of carbonyl (C=O) groups is 2. The summed E-state index contributed by atoms with van der Waals surface area (Å²) in [5.74, 6) is 1.01. The summed E-state index contributed by atoms with van der Waals surface area (Å²) in [5.41, 5.74) is -0.0493. The minimum Gasteiger partial charge on any atom is -0.372 e. The monoisotopic (exact) mass is 542 g/mol. The van der Waals surface area contributed by atoms with Crippen molar-refractivity contribution in [1.82, 2.24) is 5.32 Å². The highest BCUT2D eigenvalue weighted by Crippen LogP contribution is 2.74. The summed E-state index contributed by atoms with van der Waals surface area (Å²) in [6.07, 6.45) is 12.8. The molecule has 0 aromatic rings. The molecule has 40 heavy (non-hydrogen) atoms. The van der Waals surface area contributed by atoms with Gasteiger partial charge in [0.2, 0.25) is 6.19 Å². The molecular formula is C34H46N4O2. The number of aliphatic imine (C=N–C) groups is 1. The van der Waals surface area contributed by atoms with E-state index in [4.69, 9.17) is 5.26 Å². The first kappa shape index (κ1) is 28.8. The van der Waals surface area contributed by atoms with Crippen molar-refractivity contribution in [2.45, 2.75) is 100 Å². The van der Waals surface area contributed by atoms with Gasteiger partial charge in [0.1, 0.15) is 11.9 Å². The van der Waals surface area contributed by atoms with Crippen LogP contribution in [0.5, 0.6) is 0 Å². The molecule has 3 fully saturated rings. The van der Waals surface area contributed by atoms with E-state index in [2.05, 4.69) is 51.0 Å². The molecule has 0 heterocycles. The SMILES string of the molecule is C/C(=N\C#N)NC[C@]12CCC(C)(C)C[C@H]1[C@H]1C(=O)C=C3[C@@]4(C)C=C(C#N)C(=O)C(C)(C)[C@@H]4CC[C@@]3(C)[C@]1(C)CC2. The van der Waals surface area contributed by atoms with Crippen molar-refractivity contribution >= 4 is 17.4 Å². The van der Waals surface area contributed by atoms with Crippen LogP contribution in [0, 0.1) is 73.0 Å². The number of rotatable bonds is 2. The number of carbonyl (C=O) groups excluding carboxylic acids is 2. The van der Waals surface area contributed by atoms with Crippen molar-refractivity contribution < 1.29 is 9.59 Å². The zero-order chi connectivity index (χ0) is 29.5. The molecule has 1 N–H and O–H groups in total. The molecule has 5 aliphatic rings. The molecule has 214 valence electrons. The Morgan fingerprint density at radius 1 is 1.02 bits per heavy atom. The van der Waals surface area contributed by atoms with Crippen LogP contribution < -0.4 is 5.32 Å². The summed E-state index contributed by atoms with van der Waals surface area (Å²) in [6, 6.07) is 2.20. The minimum absolute atomic E-state index is 0.0163. The molecule has 0 radical (unpaired) electrons. The second-order valence-electron chi connectivity index (χ2n) is 15.8. The maximum absolute atomic E-state index is 14.6. The van der Waals surface area contributed by atoms with Gasteiger partial charge in [0.25, 0.3) is 0 Å². The second kappa shape index (κ2) is 8.88. The van der Waals surface area contributed by atoms with E-state index in [-0.39, 0.29) is 56.6 Å². The molecule has 5 aliphatic carbocycles. The van der Waals surface area contributed by atoms with Crippen molar-refractivity contribution in [2.75, 3.05) is 6.54 Å². The Hall–Kier alpha value is -2.73. The first-order valence-corrected chi connectivity index (χ1v) is 15.1. The van der Waals surface area contributed by atoms with Crippen LogP contribution in [-0.4, -0.2) is 23.9 Å². The van der Waals surface area contributed by atoms with Gasteiger partial charge in [-0.25, -0.2) is 0 Å². The van der Waals surface area contributed by atoms with Crippen LogP contribution in [0.3, 0.4) is 0 Å². The van der Waals surface area contributed by atoms with Crippen molar-refractivity contribution in [3.8, 4) is 12.3 Å². The van der Waals surface area contributed by atoms with Crippen LogP contribution in [0.2, 0.25) is 0 Å². The summed E-state index contributed by atoms with van der Waals surface area (Å²) in [5, 5.41) is 22.4. The molecule has 0 bridgehead atoms. The summed E-state index contributed by atoms with van der Waals surface area (Å²) < 4.78 is 0. The van der Waals surface area contributed by atoms with E-state index in [1.807, 2.05) is 39.1 Å². The molecule has 0 unspecified atom stereocenters. The number of fused-ring (bicyclic) bond motifs is 7. The van der Waals surface area contributed by atoms with Crippen LogP contribution in [0.1, 0.15) is 100 Å². The van der Waals surface area contributed by atoms with Crippen LogP contribution in [0.4, 0.5) is 0 Å². The van der Waals surface area contributed by atoms with E-state index in [0.29, 0.717) is 5.84 Å². The third-order valence-corrected chi connectivity index (χ3v) is 13.0. The van der Waals surface area contributed by atoms with Gasteiger partial charge < -0.3 is 5.32 Å². The van der Waals surface area contributed by atoms with Gasteiger partial charge in [-0.3, -0.25) is 9.59 Å². The maximum atomic E-state index is 14.6. The molecule has 3 saturated carbocycles. The zero-order valence-electron chi connectivity index (χ0n) is 25.7. The van der Waals surface area contributed by atoms with Crippen molar-refractivity contribution in [2.24, 2.45) is 55.2 Å². The lowest BCUT2D eigenvalue weighted by molar-refractivity contribution is -0.170. The molecule has 0 aliphatic heterocycles. The number of allylic oxidation sites excluding steroid dienone is 4. The fourth-order valence-corrected chi connectivity index (χ4v) is 10.5. The number of hydrogen-bond acceptors (Lipinski definition) is 5. The molecule has 5 rings (SSSR count). The number of nitrogens with zero attached hydrogens (tertiary/aromatic N) is 3. The van der Waals surface area contributed by atoms with E-state index < -0.39 is 10.8 Å². The molecular weight excluding hydrogens is 496 g/mol. The maximum Gasteiger partial charge on any atom is 0.207 e. The highest BCUT2D eigenvalue weighted by molar-refractivity contribution is 6.04. The van der Waals surface area contributed by atoms with Crippen LogP contribution in [-0.2, 0) is 9.59 Å². The molecule has 0 aromatic carbocycles. The average molecular weight is 543 g/mol. The Labute approximate surface area is 240 Å². The minimum atomic E-state index is -0.652. The highest BCUT2D eigenvalue weighted by atomic mass is 16.1. The smallest absolute Gasteiger partial charge is 0.207 e. The predicted octanol–water partition coefficient (Wildman–Crippen LogP) is 6.70. The second-order valence-corrected chi connectivity index (χ2v) is 15.8. The van der Waals surface area contributed by atoms with E-state index >= 15 is 0 Å². The number of Topliss-reactive ketones (excluding diaryl/α,β-unsaturated/α-hetero) is 1. The number of nitriles is 2. The summed E-state index contributed by atoms with van der Waals surface area (Å²) in [6.45, 7) is 18.2. The van der Waals surface area contributed by atoms with Gasteiger partial charge in [0.15, 0.2) is 11.6 Å². The largest absolute Gasteiger partial charge is 0.372 e. The van der Waals surface area contributed by atoms with E-state index in [0.717, 1.165) is 57.1 Å². The van der Waals surface area contributed by atoms with Crippen molar-refractivity contribution in [3.05, 3.63) is 23.3 Å². The van der Waals surface area contributed by atoms with Crippen LogP contribution in [0.15, 0.2) is 28.3 Å². The van der Waals surface area contributed by atoms with Crippen molar-refractivity contribution in [3.63, 3.8) is 0 Å². The third-order valence-electron chi connectivity index (χ3n) is 13.0. The van der Waals surface area contributed by atoms with Gasteiger partial charge in [0, 0.05) is 23.3 Å². The molecule has 7 atom stereocenters. The first-order valence-electron chi connectivity index (χ1n) is 15.1. The predicted molar refractivity (Wildman–Crippen MR) is 156 cm³/mol. The Kier molecular flexibility index (Phi) is 6.39. The Morgan fingerprint density at radius 3 is 2.35 bits per heavy atom. The molecule has 0 spiro atoms. The van der Waals surface area contributed by atoms with Gasteiger partial charge in [-0.1, -0.05) is 60.1 Å². The molecule has 6 nitrogen and oxygen atoms in total. The first-order chi connectivity index (χ1) is 18.5. The summed E-state index contributed by atoms with van der Waals surface area (Å²) in [7, 11) is 0. The van der Waals surface area contributed by atoms with Gasteiger partial charge in [0.05, 0.1) is 5.57 Å². The molecule has 0 amide bonds. The normalized spacial score (nSPS) is 43.5. The van der Waals surface area contributed by atoms with Gasteiger partial charge in [-0.2, -0.15) is 15.5 Å². The van der Waals surface area contributed by atoms with Gasteiger partial charge in [-0.15, -0.1) is 0 Å².